The van der Waals surface area contributed by atoms with E-state index in [0.29, 0.717) is 6.61 Å². The Morgan fingerprint density at radius 2 is 2.10 bits per heavy atom. The number of hydrogen-bond acceptors (Lipinski definition) is 3. The highest BCUT2D eigenvalue weighted by atomic mass is 16.5. The molecule has 1 unspecified atom stereocenters. The molecule has 60 valence electrons. The highest BCUT2D eigenvalue weighted by molar-refractivity contribution is 5.56. The fourth-order valence-corrected chi connectivity index (χ4v) is 0.624. The summed E-state index contributed by atoms with van der Waals surface area (Å²) in [6, 6.07) is 0. The van der Waals surface area contributed by atoms with Crippen molar-refractivity contribution in [2.24, 2.45) is 0 Å². The molecule has 0 saturated heterocycles. The summed E-state index contributed by atoms with van der Waals surface area (Å²) >= 11 is 0. The van der Waals surface area contributed by atoms with Gasteiger partial charge in [0.15, 0.2) is 6.29 Å². The molecule has 3 nitrogen and oxygen atoms in total. The fourth-order valence-electron chi connectivity index (χ4n) is 0.624. The molecule has 0 rings (SSSR count). The van der Waals surface area contributed by atoms with Gasteiger partial charge >= 0.3 is 0 Å². The van der Waals surface area contributed by atoms with E-state index in [4.69, 9.17) is 9.47 Å². The third-order valence-corrected chi connectivity index (χ3v) is 0.930. The Kier molecular flexibility index (Phi) is 5.16. The maximum absolute atomic E-state index is 10.2. The van der Waals surface area contributed by atoms with Crippen molar-refractivity contribution in [2.45, 2.75) is 26.1 Å². The molecular weight excluding hydrogens is 132 g/mol. The van der Waals surface area contributed by atoms with Crippen LogP contribution < -0.4 is 0 Å². The zero-order valence-corrected chi connectivity index (χ0v) is 6.66. The molecule has 0 spiro atoms. The summed E-state index contributed by atoms with van der Waals surface area (Å²) in [6.45, 7) is 4.10. The second-order valence-corrected chi connectivity index (χ2v) is 2.31. The van der Waals surface area contributed by atoms with Crippen LogP contribution in [0, 0.1) is 0 Å². The standard InChI is InChI=1S/C7H14O3/c1-6(2)10-7(4-8)5-9-3/h4,6-7H,5H2,1-3H3. The van der Waals surface area contributed by atoms with Crippen LogP contribution in [0.15, 0.2) is 0 Å². The minimum atomic E-state index is -0.412. The Balaban J connectivity index is 3.49. The molecule has 0 N–H and O–H groups in total. The third kappa shape index (κ3) is 4.47. The van der Waals surface area contributed by atoms with Crippen LogP contribution in [0.2, 0.25) is 0 Å². The second kappa shape index (κ2) is 5.38. The molecule has 0 bridgehead atoms. The predicted molar refractivity (Wildman–Crippen MR) is 37.9 cm³/mol. The van der Waals surface area contributed by atoms with Crippen molar-refractivity contribution in [1.82, 2.24) is 0 Å². The summed E-state index contributed by atoms with van der Waals surface area (Å²) in [6.07, 6.45) is 0.416. The largest absolute Gasteiger partial charge is 0.382 e. The van der Waals surface area contributed by atoms with Gasteiger partial charge < -0.3 is 14.3 Å². The molecule has 0 aliphatic carbocycles. The van der Waals surface area contributed by atoms with Crippen molar-refractivity contribution in [2.75, 3.05) is 13.7 Å². The van der Waals surface area contributed by atoms with Crippen molar-refractivity contribution in [1.29, 1.82) is 0 Å². The van der Waals surface area contributed by atoms with Crippen LogP contribution in [0.3, 0.4) is 0 Å². The minimum Gasteiger partial charge on any atom is -0.382 e. The summed E-state index contributed by atoms with van der Waals surface area (Å²) in [4.78, 5) is 10.2. The number of carbonyl (C=O) groups is 1. The van der Waals surface area contributed by atoms with Crippen LogP contribution in [0.4, 0.5) is 0 Å². The first-order valence-electron chi connectivity index (χ1n) is 3.30. The van der Waals surface area contributed by atoms with Crippen LogP contribution in [0.1, 0.15) is 13.8 Å². The Hall–Kier alpha value is -0.410. The molecule has 1 atom stereocenters. The SMILES string of the molecule is COCC(C=O)OC(C)C. The average molecular weight is 146 g/mol. The minimum absolute atomic E-state index is 0.0744. The number of methoxy groups -OCH3 is 1. The molecular formula is C7H14O3. The van der Waals surface area contributed by atoms with Crippen molar-refractivity contribution < 1.29 is 14.3 Å². The molecule has 0 amide bonds. The van der Waals surface area contributed by atoms with Gasteiger partial charge in [0.25, 0.3) is 0 Å². The van der Waals surface area contributed by atoms with Crippen molar-refractivity contribution in [3.63, 3.8) is 0 Å². The van der Waals surface area contributed by atoms with Crippen LogP contribution in [-0.4, -0.2) is 32.2 Å². The van der Waals surface area contributed by atoms with E-state index in [-0.39, 0.29) is 6.10 Å². The van der Waals surface area contributed by atoms with E-state index >= 15 is 0 Å². The Morgan fingerprint density at radius 1 is 1.50 bits per heavy atom. The lowest BCUT2D eigenvalue weighted by Crippen LogP contribution is -2.24. The van der Waals surface area contributed by atoms with Crippen molar-refractivity contribution in [3.05, 3.63) is 0 Å². The van der Waals surface area contributed by atoms with E-state index < -0.39 is 6.10 Å². The molecule has 0 aromatic carbocycles. The number of carbonyl (C=O) groups excluding carboxylic acids is 1. The van der Waals surface area contributed by atoms with Gasteiger partial charge in [-0.1, -0.05) is 0 Å². The molecule has 0 heterocycles. The quantitative estimate of drug-likeness (QED) is 0.533. The van der Waals surface area contributed by atoms with Crippen LogP contribution in [0.5, 0.6) is 0 Å². The molecule has 3 heteroatoms. The zero-order chi connectivity index (χ0) is 7.98. The van der Waals surface area contributed by atoms with Gasteiger partial charge in [-0.3, -0.25) is 0 Å². The van der Waals surface area contributed by atoms with Gasteiger partial charge in [0, 0.05) is 7.11 Å². The van der Waals surface area contributed by atoms with Crippen molar-refractivity contribution in [3.8, 4) is 0 Å². The Bertz CT molecular complexity index is 90.9. The number of aldehydes is 1. The summed E-state index contributed by atoms with van der Waals surface area (Å²) in [7, 11) is 1.54. The van der Waals surface area contributed by atoms with E-state index in [2.05, 4.69) is 0 Å². The molecule has 10 heavy (non-hydrogen) atoms. The number of ether oxygens (including phenoxy) is 2. The first-order valence-corrected chi connectivity index (χ1v) is 3.30. The molecule has 0 fully saturated rings. The third-order valence-electron chi connectivity index (χ3n) is 0.930. The van der Waals surface area contributed by atoms with E-state index in [1.807, 2.05) is 13.8 Å². The highest BCUT2D eigenvalue weighted by Gasteiger charge is 2.07. The van der Waals surface area contributed by atoms with Gasteiger partial charge in [0.2, 0.25) is 0 Å². The van der Waals surface area contributed by atoms with Gasteiger partial charge in [0.05, 0.1) is 12.7 Å². The maximum Gasteiger partial charge on any atom is 0.151 e. The second-order valence-electron chi connectivity index (χ2n) is 2.31. The monoisotopic (exact) mass is 146 g/mol. The van der Waals surface area contributed by atoms with Gasteiger partial charge in [0.1, 0.15) is 6.10 Å². The summed E-state index contributed by atoms with van der Waals surface area (Å²) in [5.41, 5.74) is 0. The number of rotatable bonds is 5. The number of hydrogen-bond donors (Lipinski definition) is 0. The van der Waals surface area contributed by atoms with Gasteiger partial charge in [-0.2, -0.15) is 0 Å². The predicted octanol–water partition coefficient (Wildman–Crippen LogP) is 0.625. The summed E-state index contributed by atoms with van der Waals surface area (Å²) < 4.78 is 9.89. The molecule has 0 aromatic heterocycles. The Morgan fingerprint density at radius 3 is 2.40 bits per heavy atom. The lowest BCUT2D eigenvalue weighted by atomic mass is 10.4. The smallest absolute Gasteiger partial charge is 0.151 e. The zero-order valence-electron chi connectivity index (χ0n) is 6.66. The maximum atomic E-state index is 10.2. The average Bonchev–Trinajstić information content (AvgIpc) is 1.86. The van der Waals surface area contributed by atoms with Gasteiger partial charge in [-0.25, -0.2) is 0 Å². The molecule has 0 aromatic rings. The normalized spacial score (nSPS) is 13.6. The van der Waals surface area contributed by atoms with E-state index in [1.165, 1.54) is 0 Å². The van der Waals surface area contributed by atoms with E-state index in [1.54, 1.807) is 7.11 Å². The van der Waals surface area contributed by atoms with E-state index in [9.17, 15) is 4.79 Å². The lowest BCUT2D eigenvalue weighted by Gasteiger charge is -2.13. The summed E-state index contributed by atoms with van der Waals surface area (Å²) in [5, 5.41) is 0. The molecule has 0 aliphatic rings. The first-order chi connectivity index (χ1) is 4.70. The molecule has 0 radical (unpaired) electrons. The summed E-state index contributed by atoms with van der Waals surface area (Å²) in [5.74, 6) is 0. The highest BCUT2D eigenvalue weighted by Crippen LogP contribution is 1.94. The van der Waals surface area contributed by atoms with E-state index in [0.717, 1.165) is 6.29 Å². The molecule has 0 aliphatic heterocycles. The molecule has 0 saturated carbocycles. The first kappa shape index (κ1) is 9.59. The lowest BCUT2D eigenvalue weighted by molar-refractivity contribution is -0.124. The van der Waals surface area contributed by atoms with Crippen LogP contribution in [0.25, 0.3) is 0 Å². The Labute approximate surface area is 61.3 Å². The van der Waals surface area contributed by atoms with Crippen LogP contribution in [-0.2, 0) is 14.3 Å². The fraction of sp³-hybridized carbons (Fsp3) is 0.857. The van der Waals surface area contributed by atoms with Crippen LogP contribution >= 0.6 is 0 Å². The van der Waals surface area contributed by atoms with Gasteiger partial charge in [-0.05, 0) is 13.8 Å². The van der Waals surface area contributed by atoms with Crippen molar-refractivity contribution >= 4 is 6.29 Å². The topological polar surface area (TPSA) is 35.5 Å². The van der Waals surface area contributed by atoms with Gasteiger partial charge in [-0.15, -0.1) is 0 Å².